The predicted molar refractivity (Wildman–Crippen MR) is 122 cm³/mol. The summed E-state index contributed by atoms with van der Waals surface area (Å²) in [5.74, 6) is -0.286. The molecule has 1 aromatic carbocycles. The molecular formula is C22H37N2O7P. The first-order valence-electron chi connectivity index (χ1n) is 10.7. The maximum absolute atomic E-state index is 13.0. The summed E-state index contributed by atoms with van der Waals surface area (Å²) >= 11 is 0. The maximum Gasteiger partial charge on any atom is 0.408 e. The summed E-state index contributed by atoms with van der Waals surface area (Å²) in [6.07, 6.45) is -1.53. The lowest BCUT2D eigenvalue weighted by atomic mass is 10.0. The summed E-state index contributed by atoms with van der Waals surface area (Å²) in [5, 5.41) is 15.7. The van der Waals surface area contributed by atoms with E-state index >= 15 is 0 Å². The Morgan fingerprint density at radius 2 is 1.62 bits per heavy atom. The van der Waals surface area contributed by atoms with Crippen molar-refractivity contribution in [2.75, 3.05) is 13.8 Å². The Labute approximate surface area is 190 Å². The van der Waals surface area contributed by atoms with Gasteiger partial charge in [0.15, 0.2) is 6.29 Å². The lowest BCUT2D eigenvalue weighted by Crippen LogP contribution is -2.53. The highest BCUT2D eigenvalue weighted by Gasteiger charge is 2.32. The minimum atomic E-state index is -3.47. The number of carbonyl (C=O) groups is 2. The summed E-state index contributed by atoms with van der Waals surface area (Å²) in [5.41, 5.74) is 0.826. The van der Waals surface area contributed by atoms with Crippen molar-refractivity contribution in [3.63, 3.8) is 0 Å². The van der Waals surface area contributed by atoms with E-state index in [9.17, 15) is 19.3 Å². The third kappa shape index (κ3) is 11.1. The number of hydrogen-bond donors (Lipinski definition) is 3. The van der Waals surface area contributed by atoms with Crippen molar-refractivity contribution in [3.8, 4) is 0 Å². The fourth-order valence-electron chi connectivity index (χ4n) is 2.96. The van der Waals surface area contributed by atoms with Crippen molar-refractivity contribution < 1.29 is 33.0 Å². The van der Waals surface area contributed by atoms with Gasteiger partial charge in [-0.25, -0.2) is 4.79 Å². The van der Waals surface area contributed by atoms with Crippen LogP contribution in [0.3, 0.4) is 0 Å². The van der Waals surface area contributed by atoms with Gasteiger partial charge in [-0.15, -0.1) is 0 Å². The van der Waals surface area contributed by atoms with E-state index in [1.54, 1.807) is 0 Å². The van der Waals surface area contributed by atoms with Gasteiger partial charge in [0.1, 0.15) is 12.6 Å². The molecule has 1 unspecified atom stereocenters. The second-order valence-electron chi connectivity index (χ2n) is 8.58. The summed E-state index contributed by atoms with van der Waals surface area (Å²) in [6.45, 7) is 8.99. The molecule has 0 radical (unpaired) electrons. The van der Waals surface area contributed by atoms with Gasteiger partial charge in [0.2, 0.25) is 5.91 Å². The highest BCUT2D eigenvalue weighted by atomic mass is 31.2. The zero-order chi connectivity index (χ0) is 24.3. The van der Waals surface area contributed by atoms with Crippen molar-refractivity contribution in [3.05, 3.63) is 35.9 Å². The molecule has 1 aromatic rings. The molecule has 1 rings (SSSR count). The molecule has 0 aliphatic heterocycles. The van der Waals surface area contributed by atoms with Crippen LogP contribution in [0.25, 0.3) is 0 Å². The van der Waals surface area contributed by atoms with E-state index in [0.717, 1.165) is 5.56 Å². The Balaban J connectivity index is 2.83. The first-order valence-corrected chi connectivity index (χ1v) is 12.7. The van der Waals surface area contributed by atoms with E-state index in [-0.39, 0.29) is 18.4 Å². The standard InChI is InChI=1S/C22H37N2O7P/c1-15(2)12-18(24-22(27)30-14-17-10-8-7-9-11-17)20(25)23-19(13-16(3)4)21(26)31-32(6,28)29-5/h7-11,15-16,18-19,21,26H,12-14H2,1-6H3,(H,23,25)(H,24,27)/t18-,19+,21-,32?/m0/s1. The zero-order valence-corrected chi connectivity index (χ0v) is 20.6. The first-order chi connectivity index (χ1) is 14.9. The lowest BCUT2D eigenvalue weighted by molar-refractivity contribution is -0.128. The highest BCUT2D eigenvalue weighted by molar-refractivity contribution is 7.52. The van der Waals surface area contributed by atoms with E-state index in [2.05, 4.69) is 10.6 Å². The topological polar surface area (TPSA) is 123 Å². The third-order valence-corrected chi connectivity index (χ3v) is 5.82. The molecule has 3 N–H and O–H groups in total. The second-order valence-corrected chi connectivity index (χ2v) is 10.7. The fraction of sp³-hybridized carbons (Fsp3) is 0.636. The van der Waals surface area contributed by atoms with Crippen LogP contribution in [-0.2, 0) is 29.8 Å². The van der Waals surface area contributed by atoms with E-state index in [4.69, 9.17) is 13.8 Å². The van der Waals surface area contributed by atoms with Crippen molar-refractivity contribution in [2.45, 2.75) is 65.5 Å². The van der Waals surface area contributed by atoms with Gasteiger partial charge in [-0.05, 0) is 30.2 Å². The monoisotopic (exact) mass is 472 g/mol. The Hall–Kier alpha value is -1.93. The molecule has 0 saturated heterocycles. The van der Waals surface area contributed by atoms with Gasteiger partial charge in [-0.3, -0.25) is 13.9 Å². The number of rotatable bonds is 13. The molecule has 0 fully saturated rings. The Morgan fingerprint density at radius 3 is 2.16 bits per heavy atom. The number of aliphatic hydroxyl groups excluding tert-OH is 1. The van der Waals surface area contributed by atoms with Crippen LogP contribution in [0.15, 0.2) is 30.3 Å². The average molecular weight is 473 g/mol. The van der Waals surface area contributed by atoms with Gasteiger partial charge in [0.05, 0.1) is 6.04 Å². The molecule has 0 saturated carbocycles. The molecule has 0 aromatic heterocycles. The molecule has 0 bridgehead atoms. The largest absolute Gasteiger partial charge is 0.445 e. The Kier molecular flexibility index (Phi) is 11.9. The van der Waals surface area contributed by atoms with Crippen LogP contribution < -0.4 is 10.6 Å². The van der Waals surface area contributed by atoms with Crippen molar-refractivity contribution in [1.82, 2.24) is 10.6 Å². The number of ether oxygens (including phenoxy) is 1. The number of hydrogen-bond acceptors (Lipinski definition) is 7. The zero-order valence-electron chi connectivity index (χ0n) is 19.7. The first kappa shape index (κ1) is 28.1. The van der Waals surface area contributed by atoms with Crippen LogP contribution in [0.5, 0.6) is 0 Å². The third-order valence-electron chi connectivity index (χ3n) is 4.56. The van der Waals surface area contributed by atoms with E-state index in [1.165, 1.54) is 13.8 Å². The number of alkyl carbamates (subject to hydrolysis) is 1. The van der Waals surface area contributed by atoms with Gasteiger partial charge in [-0.2, -0.15) is 0 Å². The number of nitrogens with one attached hydrogen (secondary N) is 2. The molecule has 10 heteroatoms. The summed E-state index contributed by atoms with van der Waals surface area (Å²) < 4.78 is 27.2. The molecule has 4 atom stereocenters. The van der Waals surface area contributed by atoms with Gasteiger partial charge in [0.25, 0.3) is 0 Å². The van der Waals surface area contributed by atoms with Gasteiger partial charge in [0, 0.05) is 13.8 Å². The van der Waals surface area contributed by atoms with Gasteiger partial charge >= 0.3 is 13.7 Å². The average Bonchev–Trinajstić information content (AvgIpc) is 2.71. The maximum atomic E-state index is 13.0. The van der Waals surface area contributed by atoms with Crippen LogP contribution in [-0.4, -0.2) is 49.3 Å². The number of benzene rings is 1. The van der Waals surface area contributed by atoms with E-state index < -0.39 is 38.0 Å². The molecule has 0 heterocycles. The van der Waals surface area contributed by atoms with E-state index in [0.29, 0.717) is 12.8 Å². The van der Waals surface area contributed by atoms with Crippen molar-refractivity contribution in [1.29, 1.82) is 0 Å². The van der Waals surface area contributed by atoms with Crippen LogP contribution in [0.4, 0.5) is 4.79 Å². The van der Waals surface area contributed by atoms with Gasteiger partial charge in [-0.1, -0.05) is 58.0 Å². The minimum Gasteiger partial charge on any atom is -0.445 e. The van der Waals surface area contributed by atoms with Crippen molar-refractivity contribution in [2.24, 2.45) is 11.8 Å². The summed E-state index contributed by atoms with van der Waals surface area (Å²) in [7, 11) is -2.25. The van der Waals surface area contributed by atoms with Crippen LogP contribution in [0.1, 0.15) is 46.1 Å². The quantitative estimate of drug-likeness (QED) is 0.296. The molecular weight excluding hydrogens is 435 g/mol. The van der Waals surface area contributed by atoms with E-state index in [1.807, 2.05) is 58.0 Å². The number of aliphatic hydroxyl groups is 1. The second kappa shape index (κ2) is 13.6. The number of carbonyl (C=O) groups excluding carboxylic acids is 2. The predicted octanol–water partition coefficient (Wildman–Crippen LogP) is 3.66. The minimum absolute atomic E-state index is 0.0774. The Bertz CT molecular complexity index is 758. The lowest BCUT2D eigenvalue weighted by Gasteiger charge is -2.29. The highest BCUT2D eigenvalue weighted by Crippen LogP contribution is 2.44. The molecule has 0 aliphatic rings. The fourth-order valence-corrected chi connectivity index (χ4v) is 3.59. The SMILES string of the molecule is COP(C)(=O)O[C@H](O)[C@@H](CC(C)C)NC(=O)[C@H](CC(C)C)NC(=O)OCc1ccccc1. The molecule has 0 aliphatic carbocycles. The Morgan fingerprint density at radius 1 is 1.03 bits per heavy atom. The number of amides is 2. The van der Waals surface area contributed by atoms with Crippen LogP contribution in [0, 0.1) is 11.8 Å². The van der Waals surface area contributed by atoms with Crippen LogP contribution >= 0.6 is 7.60 Å². The molecule has 182 valence electrons. The smallest absolute Gasteiger partial charge is 0.408 e. The van der Waals surface area contributed by atoms with Crippen molar-refractivity contribution >= 4 is 19.6 Å². The molecule has 9 nitrogen and oxygen atoms in total. The molecule has 32 heavy (non-hydrogen) atoms. The summed E-state index contributed by atoms with van der Waals surface area (Å²) in [4.78, 5) is 25.3. The summed E-state index contributed by atoms with van der Waals surface area (Å²) in [6, 6.07) is 7.48. The molecule has 2 amide bonds. The van der Waals surface area contributed by atoms with Gasteiger partial charge < -0.3 is 25.0 Å². The molecule has 0 spiro atoms. The normalized spacial score (nSPS) is 16.2. The van der Waals surface area contributed by atoms with Crippen LogP contribution in [0.2, 0.25) is 0 Å².